The summed E-state index contributed by atoms with van der Waals surface area (Å²) in [6, 6.07) is 18.0. The average molecular weight is 436 g/mol. The number of hydrogen-bond donors (Lipinski definition) is 3. The van der Waals surface area contributed by atoms with Crippen molar-refractivity contribution in [3.8, 4) is 0 Å². The van der Waals surface area contributed by atoms with E-state index in [0.29, 0.717) is 11.7 Å². The van der Waals surface area contributed by atoms with Gasteiger partial charge in [-0.3, -0.25) is 4.79 Å². The molecular weight excluding hydrogens is 410 g/mol. The van der Waals surface area contributed by atoms with E-state index in [-0.39, 0.29) is 17.6 Å². The van der Waals surface area contributed by atoms with Gasteiger partial charge in [0.25, 0.3) is 5.95 Å². The van der Waals surface area contributed by atoms with Gasteiger partial charge in [-0.25, -0.2) is 10.1 Å². The third kappa shape index (κ3) is 7.00. The van der Waals surface area contributed by atoms with E-state index < -0.39 is 0 Å². The number of nitrogens with two attached hydrogens (primary N) is 1. The van der Waals surface area contributed by atoms with Crippen LogP contribution in [0, 0.1) is 6.92 Å². The maximum absolute atomic E-state index is 12.1. The molecule has 0 aliphatic carbocycles. The molecule has 0 atom stereocenters. The van der Waals surface area contributed by atoms with Gasteiger partial charge in [-0.2, -0.15) is 5.10 Å². The minimum atomic E-state index is -0.108. The highest BCUT2D eigenvalue weighted by Crippen LogP contribution is 2.16. The highest BCUT2D eigenvalue weighted by Gasteiger charge is 2.12. The monoisotopic (exact) mass is 435 g/mol. The molecule has 0 aliphatic heterocycles. The van der Waals surface area contributed by atoms with E-state index in [1.165, 1.54) is 22.0 Å². The number of anilines is 1. The number of allylic oxidation sites excluding steroid dienone is 1. The van der Waals surface area contributed by atoms with Crippen LogP contribution in [0.5, 0.6) is 0 Å². The van der Waals surface area contributed by atoms with Crippen LogP contribution in [0.2, 0.25) is 0 Å². The predicted molar refractivity (Wildman–Crippen MR) is 126 cm³/mol. The van der Waals surface area contributed by atoms with Gasteiger partial charge in [-0.15, -0.1) is 10.2 Å². The standard InChI is InChI=1S/C22H25N7OS/c1-16-8-11-19(12-9-16)14-24-20(30)15-31-22-28-27-21(29(22)23)26-25-17(2)10-13-18-6-4-3-5-7-18/h3-13H,14-15,23H2,1-2H3,(H,24,30)(H,26,27)/b13-10+,25-17+. The molecule has 0 fully saturated rings. The van der Waals surface area contributed by atoms with Crippen molar-refractivity contribution in [1.82, 2.24) is 20.2 Å². The zero-order valence-corrected chi connectivity index (χ0v) is 18.3. The molecule has 0 spiro atoms. The SMILES string of the molecule is CC(/C=C/c1ccccc1)=N\Nc1nnc(SCC(=O)NCc2ccc(C)cc2)n1N. The van der Waals surface area contributed by atoms with Crippen LogP contribution in [-0.4, -0.2) is 32.2 Å². The van der Waals surface area contributed by atoms with Crippen molar-refractivity contribution >= 4 is 35.4 Å². The summed E-state index contributed by atoms with van der Waals surface area (Å²) >= 11 is 1.21. The van der Waals surface area contributed by atoms with Gasteiger partial charge in [-0.1, -0.05) is 78.0 Å². The molecule has 0 saturated heterocycles. The third-order valence-corrected chi connectivity index (χ3v) is 5.20. The molecule has 0 unspecified atom stereocenters. The summed E-state index contributed by atoms with van der Waals surface area (Å²) in [4.78, 5) is 12.1. The molecule has 160 valence electrons. The van der Waals surface area contributed by atoms with E-state index in [4.69, 9.17) is 5.84 Å². The van der Waals surface area contributed by atoms with Gasteiger partial charge in [0.05, 0.1) is 11.5 Å². The van der Waals surface area contributed by atoms with Gasteiger partial charge in [0.1, 0.15) is 0 Å². The molecule has 31 heavy (non-hydrogen) atoms. The number of aromatic nitrogens is 3. The van der Waals surface area contributed by atoms with Gasteiger partial charge in [-0.05, 0) is 31.1 Å². The second kappa shape index (κ2) is 11.0. The molecule has 1 amide bonds. The van der Waals surface area contributed by atoms with E-state index >= 15 is 0 Å². The first-order valence-electron chi connectivity index (χ1n) is 9.70. The summed E-state index contributed by atoms with van der Waals surface area (Å²) in [6.45, 7) is 4.36. The van der Waals surface area contributed by atoms with Crippen molar-refractivity contribution in [2.75, 3.05) is 17.0 Å². The quantitative estimate of drug-likeness (QED) is 0.206. The fourth-order valence-corrected chi connectivity index (χ4v) is 3.18. The summed E-state index contributed by atoms with van der Waals surface area (Å²) in [6.07, 6.45) is 3.85. The van der Waals surface area contributed by atoms with Gasteiger partial charge in [0, 0.05) is 6.54 Å². The third-order valence-electron chi connectivity index (χ3n) is 4.26. The van der Waals surface area contributed by atoms with Crippen LogP contribution in [0.4, 0.5) is 5.95 Å². The highest BCUT2D eigenvalue weighted by atomic mass is 32.2. The number of hydrazone groups is 1. The molecule has 4 N–H and O–H groups in total. The minimum Gasteiger partial charge on any atom is -0.351 e. The zero-order valence-electron chi connectivity index (χ0n) is 17.4. The van der Waals surface area contributed by atoms with Gasteiger partial charge < -0.3 is 11.2 Å². The summed E-state index contributed by atoms with van der Waals surface area (Å²) in [5.74, 6) is 6.37. The number of nitrogens with one attached hydrogen (secondary N) is 2. The lowest BCUT2D eigenvalue weighted by Crippen LogP contribution is -2.25. The van der Waals surface area contributed by atoms with Crippen LogP contribution < -0.4 is 16.6 Å². The summed E-state index contributed by atoms with van der Waals surface area (Å²) in [5.41, 5.74) is 6.86. The highest BCUT2D eigenvalue weighted by molar-refractivity contribution is 7.99. The first-order valence-corrected chi connectivity index (χ1v) is 10.7. The zero-order chi connectivity index (χ0) is 22.1. The molecule has 8 nitrogen and oxygen atoms in total. The largest absolute Gasteiger partial charge is 0.351 e. The number of benzene rings is 2. The van der Waals surface area contributed by atoms with Crippen molar-refractivity contribution in [3.05, 3.63) is 77.4 Å². The number of amides is 1. The second-order valence-electron chi connectivity index (χ2n) is 6.84. The van der Waals surface area contributed by atoms with Crippen molar-refractivity contribution in [1.29, 1.82) is 0 Å². The van der Waals surface area contributed by atoms with E-state index in [1.807, 2.05) is 80.6 Å². The maximum atomic E-state index is 12.1. The Morgan fingerprint density at radius 1 is 1.16 bits per heavy atom. The molecule has 0 aliphatic rings. The molecule has 0 bridgehead atoms. The number of nitrogens with zero attached hydrogens (tertiary/aromatic N) is 4. The molecule has 0 radical (unpaired) electrons. The Labute approximate surface area is 185 Å². The lowest BCUT2D eigenvalue weighted by Gasteiger charge is -2.06. The van der Waals surface area contributed by atoms with Crippen molar-refractivity contribution < 1.29 is 4.79 Å². The number of nitrogen functional groups attached to an aromatic ring is 1. The Morgan fingerprint density at radius 3 is 2.65 bits per heavy atom. The molecule has 1 aromatic heterocycles. The molecule has 2 aromatic carbocycles. The van der Waals surface area contributed by atoms with Crippen molar-refractivity contribution in [3.63, 3.8) is 0 Å². The number of thioether (sulfide) groups is 1. The summed E-state index contributed by atoms with van der Waals surface area (Å²) in [7, 11) is 0. The van der Waals surface area contributed by atoms with Crippen molar-refractivity contribution in [2.45, 2.75) is 25.5 Å². The Morgan fingerprint density at radius 2 is 1.90 bits per heavy atom. The van der Waals surface area contributed by atoms with Crippen LogP contribution in [0.15, 0.2) is 70.9 Å². The van der Waals surface area contributed by atoms with Crippen LogP contribution in [-0.2, 0) is 11.3 Å². The number of rotatable bonds is 9. The van der Waals surface area contributed by atoms with E-state index in [2.05, 4.69) is 26.0 Å². The van der Waals surface area contributed by atoms with E-state index in [1.54, 1.807) is 0 Å². The van der Waals surface area contributed by atoms with Crippen LogP contribution >= 0.6 is 11.8 Å². The number of carbonyl (C=O) groups is 1. The Hall–Kier alpha value is -3.59. The summed E-state index contributed by atoms with van der Waals surface area (Å²) in [5, 5.41) is 15.5. The Balaban J connectivity index is 1.47. The lowest BCUT2D eigenvalue weighted by molar-refractivity contribution is -0.118. The van der Waals surface area contributed by atoms with Gasteiger partial charge in [0.2, 0.25) is 11.1 Å². The first kappa shape index (κ1) is 22.1. The Bertz CT molecular complexity index is 1060. The fraction of sp³-hybridized carbons (Fsp3) is 0.182. The average Bonchev–Trinajstić information content (AvgIpc) is 3.14. The molecule has 9 heteroatoms. The number of carbonyl (C=O) groups excluding carboxylic acids is 1. The fourth-order valence-electron chi connectivity index (χ4n) is 2.50. The summed E-state index contributed by atoms with van der Waals surface area (Å²) < 4.78 is 1.27. The van der Waals surface area contributed by atoms with Crippen LogP contribution in [0.1, 0.15) is 23.6 Å². The lowest BCUT2D eigenvalue weighted by atomic mass is 10.1. The van der Waals surface area contributed by atoms with Crippen molar-refractivity contribution in [2.24, 2.45) is 5.10 Å². The predicted octanol–water partition coefficient (Wildman–Crippen LogP) is 3.21. The normalized spacial score (nSPS) is 11.6. The molecular formula is C22H25N7OS. The maximum Gasteiger partial charge on any atom is 0.264 e. The van der Waals surface area contributed by atoms with E-state index in [9.17, 15) is 4.79 Å². The molecule has 1 heterocycles. The topological polar surface area (TPSA) is 110 Å². The second-order valence-corrected chi connectivity index (χ2v) is 7.78. The number of hydrogen-bond acceptors (Lipinski definition) is 7. The van der Waals surface area contributed by atoms with Crippen LogP contribution in [0.25, 0.3) is 6.08 Å². The van der Waals surface area contributed by atoms with E-state index in [0.717, 1.165) is 16.8 Å². The molecule has 3 aromatic rings. The Kier molecular flexibility index (Phi) is 7.83. The number of aryl methyl sites for hydroxylation is 1. The van der Waals surface area contributed by atoms with Gasteiger partial charge >= 0.3 is 0 Å². The molecule has 0 saturated carbocycles. The van der Waals surface area contributed by atoms with Gasteiger partial charge in [0.15, 0.2) is 0 Å². The molecule has 3 rings (SSSR count). The van der Waals surface area contributed by atoms with Crippen LogP contribution in [0.3, 0.4) is 0 Å². The first-order chi connectivity index (χ1) is 15.0. The minimum absolute atomic E-state index is 0.108. The smallest absolute Gasteiger partial charge is 0.264 e.